The lowest BCUT2D eigenvalue weighted by atomic mass is 10.1. The molecule has 0 saturated carbocycles. The van der Waals surface area contributed by atoms with E-state index in [0.717, 1.165) is 6.29 Å². The van der Waals surface area contributed by atoms with Gasteiger partial charge in [0.2, 0.25) is 0 Å². The molecule has 1 fully saturated rings. The van der Waals surface area contributed by atoms with Crippen LogP contribution in [0.1, 0.15) is 20.7 Å². The van der Waals surface area contributed by atoms with Crippen LogP contribution in [0.4, 0.5) is 5.82 Å². The van der Waals surface area contributed by atoms with Crippen LogP contribution in [0.15, 0.2) is 48.5 Å². The molecule has 1 aliphatic heterocycles. The number of rotatable bonds is 5. The molecule has 0 unspecified atom stereocenters. The van der Waals surface area contributed by atoms with Crippen LogP contribution < -0.4 is 4.90 Å². The Bertz CT molecular complexity index is 1350. The van der Waals surface area contributed by atoms with Crippen molar-refractivity contribution in [3.8, 4) is 17.1 Å². The number of benzene rings is 2. The third kappa shape index (κ3) is 3.92. The van der Waals surface area contributed by atoms with E-state index in [9.17, 15) is 9.59 Å². The van der Waals surface area contributed by atoms with E-state index >= 15 is 0 Å². The number of hydrogen-bond donors (Lipinski definition) is 0. The lowest BCUT2D eigenvalue weighted by Gasteiger charge is -2.28. The highest BCUT2D eigenvalue weighted by atomic mass is 16.5. The highest BCUT2D eigenvalue weighted by Gasteiger charge is 2.23. The lowest BCUT2D eigenvalue weighted by molar-refractivity contribution is 0.0600. The van der Waals surface area contributed by atoms with Gasteiger partial charge in [-0.1, -0.05) is 29.5 Å². The van der Waals surface area contributed by atoms with E-state index in [-0.39, 0.29) is 0 Å². The molecule has 10 heteroatoms. The molecule has 10 nitrogen and oxygen atoms in total. The molecule has 0 radical (unpaired) electrons. The van der Waals surface area contributed by atoms with Gasteiger partial charge in [-0.15, -0.1) is 5.10 Å². The standard InChI is InChI=1S/C23H20N6O4/c1-32-23(31)17-6-3-7-18(13-17)29-22-19(26-27-29)21(28-8-10-33-11-9-28)24-20(25-22)16-5-2-4-15(12-16)14-30/h2-7,12-14H,8-11H2,1H3. The van der Waals surface area contributed by atoms with Gasteiger partial charge < -0.3 is 14.4 Å². The average molecular weight is 444 g/mol. The van der Waals surface area contributed by atoms with Gasteiger partial charge in [-0.3, -0.25) is 4.79 Å². The number of methoxy groups -OCH3 is 1. The Hall–Kier alpha value is -4.18. The van der Waals surface area contributed by atoms with E-state index in [0.29, 0.717) is 71.5 Å². The van der Waals surface area contributed by atoms with Crippen LogP contribution in [-0.4, -0.2) is 70.6 Å². The third-order valence-corrected chi connectivity index (χ3v) is 5.39. The Labute approximate surface area is 188 Å². The van der Waals surface area contributed by atoms with E-state index in [1.807, 2.05) is 12.1 Å². The molecule has 0 bridgehead atoms. The van der Waals surface area contributed by atoms with Crippen LogP contribution in [0.25, 0.3) is 28.2 Å². The van der Waals surface area contributed by atoms with E-state index in [2.05, 4.69) is 15.2 Å². The second kappa shape index (κ2) is 8.75. The first-order chi connectivity index (χ1) is 16.2. The van der Waals surface area contributed by atoms with Gasteiger partial charge >= 0.3 is 5.97 Å². The maximum absolute atomic E-state index is 12.0. The summed E-state index contributed by atoms with van der Waals surface area (Å²) in [6.07, 6.45) is 0.787. The number of fused-ring (bicyclic) bond motifs is 1. The molecule has 1 saturated heterocycles. The van der Waals surface area contributed by atoms with Crippen LogP contribution in [0.5, 0.6) is 0 Å². The summed E-state index contributed by atoms with van der Waals surface area (Å²) >= 11 is 0. The van der Waals surface area contributed by atoms with Crippen LogP contribution in [-0.2, 0) is 9.47 Å². The quantitative estimate of drug-likeness (QED) is 0.338. The first kappa shape index (κ1) is 20.7. The molecule has 0 aliphatic carbocycles. The number of morpholine rings is 1. The van der Waals surface area contributed by atoms with Crippen molar-refractivity contribution in [3.05, 3.63) is 59.7 Å². The van der Waals surface area contributed by atoms with Crippen molar-refractivity contribution in [3.63, 3.8) is 0 Å². The number of carbonyl (C=O) groups is 2. The van der Waals surface area contributed by atoms with Crippen molar-refractivity contribution in [1.82, 2.24) is 25.0 Å². The van der Waals surface area contributed by atoms with Crippen LogP contribution in [0.2, 0.25) is 0 Å². The second-order valence-electron chi connectivity index (χ2n) is 7.43. The molecule has 33 heavy (non-hydrogen) atoms. The van der Waals surface area contributed by atoms with Crippen molar-refractivity contribution in [2.45, 2.75) is 0 Å². The zero-order valence-corrected chi connectivity index (χ0v) is 17.8. The summed E-state index contributed by atoms with van der Waals surface area (Å²) in [4.78, 5) is 34.9. The highest BCUT2D eigenvalue weighted by Crippen LogP contribution is 2.28. The lowest BCUT2D eigenvalue weighted by Crippen LogP contribution is -2.37. The number of hydrogen-bond acceptors (Lipinski definition) is 9. The SMILES string of the molecule is COC(=O)c1cccc(-n2nnc3c(N4CCOCC4)nc(-c4cccc(C=O)c4)nc32)c1. The molecule has 2 aromatic carbocycles. The molecule has 2 aromatic heterocycles. The number of nitrogens with zero attached hydrogens (tertiary/aromatic N) is 6. The van der Waals surface area contributed by atoms with Crippen LogP contribution in [0.3, 0.4) is 0 Å². The van der Waals surface area contributed by atoms with Gasteiger partial charge in [0.1, 0.15) is 6.29 Å². The largest absolute Gasteiger partial charge is 0.465 e. The molecule has 0 atom stereocenters. The molecule has 0 N–H and O–H groups in total. The van der Waals surface area contributed by atoms with E-state index < -0.39 is 5.97 Å². The molecular weight excluding hydrogens is 424 g/mol. The summed E-state index contributed by atoms with van der Waals surface area (Å²) in [5.41, 5.74) is 3.25. The summed E-state index contributed by atoms with van der Waals surface area (Å²) < 4.78 is 11.9. The number of aldehydes is 1. The minimum atomic E-state index is -0.448. The van der Waals surface area contributed by atoms with Crippen molar-refractivity contribution in [1.29, 1.82) is 0 Å². The smallest absolute Gasteiger partial charge is 0.337 e. The summed E-state index contributed by atoms with van der Waals surface area (Å²) in [5.74, 6) is 0.641. The summed E-state index contributed by atoms with van der Waals surface area (Å²) in [5, 5.41) is 8.68. The van der Waals surface area contributed by atoms with Crippen molar-refractivity contribution < 1.29 is 19.1 Å². The van der Waals surface area contributed by atoms with Gasteiger partial charge in [0, 0.05) is 24.2 Å². The average Bonchev–Trinajstić information content (AvgIpc) is 3.32. The van der Waals surface area contributed by atoms with Crippen molar-refractivity contribution in [2.75, 3.05) is 38.3 Å². The summed E-state index contributed by atoms with van der Waals surface area (Å²) in [7, 11) is 1.33. The molecule has 1 aliphatic rings. The van der Waals surface area contributed by atoms with Crippen molar-refractivity contribution >= 4 is 29.2 Å². The number of carbonyl (C=O) groups excluding carboxylic acids is 2. The fraction of sp³-hybridized carbons (Fsp3) is 0.217. The van der Waals surface area contributed by atoms with Gasteiger partial charge in [-0.25, -0.2) is 14.8 Å². The minimum absolute atomic E-state index is 0.389. The fourth-order valence-corrected chi connectivity index (χ4v) is 3.73. The van der Waals surface area contributed by atoms with E-state index in [1.54, 1.807) is 41.1 Å². The second-order valence-corrected chi connectivity index (χ2v) is 7.43. The van der Waals surface area contributed by atoms with Gasteiger partial charge in [-0.05, 0) is 24.3 Å². The Morgan fingerprint density at radius 2 is 1.91 bits per heavy atom. The Balaban J connectivity index is 1.71. The van der Waals surface area contributed by atoms with E-state index in [4.69, 9.17) is 19.4 Å². The van der Waals surface area contributed by atoms with Gasteiger partial charge in [0.25, 0.3) is 0 Å². The monoisotopic (exact) mass is 444 g/mol. The first-order valence-corrected chi connectivity index (χ1v) is 10.4. The summed E-state index contributed by atoms with van der Waals surface area (Å²) in [6.45, 7) is 2.47. The predicted molar refractivity (Wildman–Crippen MR) is 120 cm³/mol. The number of anilines is 1. The Kier molecular flexibility index (Phi) is 5.49. The topological polar surface area (TPSA) is 112 Å². The van der Waals surface area contributed by atoms with E-state index in [1.165, 1.54) is 7.11 Å². The first-order valence-electron chi connectivity index (χ1n) is 10.4. The molecule has 3 heterocycles. The Morgan fingerprint density at radius 3 is 2.70 bits per heavy atom. The molecule has 0 spiro atoms. The normalized spacial score (nSPS) is 13.8. The number of esters is 1. The zero-order valence-electron chi connectivity index (χ0n) is 17.8. The summed E-state index contributed by atoms with van der Waals surface area (Å²) in [6, 6.07) is 14.0. The van der Waals surface area contributed by atoms with Gasteiger partial charge in [-0.2, -0.15) is 4.68 Å². The van der Waals surface area contributed by atoms with Crippen LogP contribution >= 0.6 is 0 Å². The Morgan fingerprint density at radius 1 is 1.09 bits per heavy atom. The molecule has 166 valence electrons. The number of aromatic nitrogens is 5. The zero-order chi connectivity index (χ0) is 22.8. The fourth-order valence-electron chi connectivity index (χ4n) is 3.73. The predicted octanol–water partition coefficient (Wildman–Crippen LogP) is 2.31. The maximum atomic E-state index is 12.0. The molecule has 4 aromatic rings. The molecular formula is C23H20N6O4. The van der Waals surface area contributed by atoms with Crippen LogP contribution in [0, 0.1) is 0 Å². The maximum Gasteiger partial charge on any atom is 0.337 e. The third-order valence-electron chi connectivity index (χ3n) is 5.39. The molecule has 5 rings (SSSR count). The molecule has 0 amide bonds. The highest BCUT2D eigenvalue weighted by molar-refractivity contribution is 5.90. The minimum Gasteiger partial charge on any atom is -0.465 e. The van der Waals surface area contributed by atoms with Gasteiger partial charge in [0.15, 0.2) is 22.8 Å². The number of ether oxygens (including phenoxy) is 2. The van der Waals surface area contributed by atoms with Gasteiger partial charge in [0.05, 0.1) is 31.6 Å². The van der Waals surface area contributed by atoms with Crippen molar-refractivity contribution in [2.24, 2.45) is 0 Å².